The Hall–Kier alpha value is -1.96. The highest BCUT2D eigenvalue weighted by Crippen LogP contribution is 2.55. The van der Waals surface area contributed by atoms with E-state index in [4.69, 9.17) is 0 Å². The fourth-order valence-electron chi connectivity index (χ4n) is 2.80. The summed E-state index contributed by atoms with van der Waals surface area (Å²) in [5, 5.41) is 9.82. The SMILES string of the molecule is CC(C)(c1ccccc1O)C1C(F)=C(F)C(F)=C(F)C1(F)OF. The molecule has 2 unspecified atom stereocenters. The van der Waals surface area contributed by atoms with Gasteiger partial charge in [0.05, 0.1) is 5.92 Å². The maximum Gasteiger partial charge on any atom is 0.309 e. The first-order valence-electron chi connectivity index (χ1n) is 6.47. The van der Waals surface area contributed by atoms with Crippen LogP contribution in [0, 0.1) is 5.92 Å². The minimum absolute atomic E-state index is 0.137. The summed E-state index contributed by atoms with van der Waals surface area (Å²) >= 11 is 0. The number of hydrogen-bond acceptors (Lipinski definition) is 2. The molecular weight excluding hydrogens is 326 g/mol. The molecule has 1 aromatic rings. The summed E-state index contributed by atoms with van der Waals surface area (Å²) < 4.78 is 81.9. The van der Waals surface area contributed by atoms with Crippen LogP contribution in [-0.2, 0) is 10.4 Å². The largest absolute Gasteiger partial charge is 0.508 e. The van der Waals surface area contributed by atoms with Crippen molar-refractivity contribution in [3.05, 3.63) is 53.1 Å². The highest BCUT2D eigenvalue weighted by molar-refractivity contribution is 5.45. The third-order valence-electron chi connectivity index (χ3n) is 3.95. The molecule has 2 atom stereocenters. The Balaban J connectivity index is 2.72. The van der Waals surface area contributed by atoms with Crippen LogP contribution in [0.4, 0.5) is 26.5 Å². The monoisotopic (exact) mass is 338 g/mol. The number of phenolic OH excluding ortho intramolecular Hbond substituents is 1. The summed E-state index contributed by atoms with van der Waals surface area (Å²) in [5.41, 5.74) is -2.03. The molecule has 1 aliphatic rings. The number of benzene rings is 1. The van der Waals surface area contributed by atoms with Gasteiger partial charge in [-0.1, -0.05) is 32.0 Å². The molecule has 8 heteroatoms. The van der Waals surface area contributed by atoms with Crippen molar-refractivity contribution >= 4 is 0 Å². The average molecular weight is 338 g/mol. The first-order valence-corrected chi connectivity index (χ1v) is 6.47. The van der Waals surface area contributed by atoms with Gasteiger partial charge in [0.15, 0.2) is 11.7 Å². The maximum absolute atomic E-state index is 14.6. The summed E-state index contributed by atoms with van der Waals surface area (Å²) in [5.74, 6) is -16.6. The number of rotatable bonds is 3. The Morgan fingerprint density at radius 1 is 1.09 bits per heavy atom. The first-order chi connectivity index (χ1) is 10.6. The molecule has 0 heterocycles. The Kier molecular flexibility index (Phi) is 4.23. The maximum atomic E-state index is 14.6. The zero-order chi connectivity index (χ0) is 17.6. The van der Waals surface area contributed by atoms with Crippen LogP contribution in [0.5, 0.6) is 5.75 Å². The number of allylic oxidation sites excluding steroid dienone is 2. The van der Waals surface area contributed by atoms with Crippen LogP contribution in [-0.4, -0.2) is 11.0 Å². The van der Waals surface area contributed by atoms with Crippen LogP contribution in [0.3, 0.4) is 0 Å². The highest BCUT2D eigenvalue weighted by atomic mass is 19.3. The van der Waals surface area contributed by atoms with Crippen molar-refractivity contribution in [2.75, 3.05) is 0 Å². The lowest BCUT2D eigenvalue weighted by Crippen LogP contribution is -2.48. The molecule has 2 nitrogen and oxygen atoms in total. The Morgan fingerprint density at radius 3 is 2.17 bits per heavy atom. The van der Waals surface area contributed by atoms with E-state index in [-0.39, 0.29) is 5.56 Å². The standard InChI is InChI=1S/C15H12F6O2/c1-14(2,7-5-3-4-6-8(7)22)12-10(17)9(16)11(18)13(19)15(12,20)23-21/h3-6,12,22H,1-2H3. The van der Waals surface area contributed by atoms with Crippen molar-refractivity contribution in [2.45, 2.75) is 25.1 Å². The third kappa shape index (κ3) is 2.41. The van der Waals surface area contributed by atoms with Crippen LogP contribution < -0.4 is 0 Å². The predicted octanol–water partition coefficient (Wildman–Crippen LogP) is 5.17. The molecule has 0 fully saturated rings. The Morgan fingerprint density at radius 2 is 1.65 bits per heavy atom. The first kappa shape index (κ1) is 17.4. The van der Waals surface area contributed by atoms with Gasteiger partial charge in [-0.2, -0.15) is 4.39 Å². The van der Waals surface area contributed by atoms with E-state index >= 15 is 0 Å². The quantitative estimate of drug-likeness (QED) is 0.771. The molecule has 0 amide bonds. The van der Waals surface area contributed by atoms with Crippen molar-refractivity contribution in [3.8, 4) is 5.75 Å². The van der Waals surface area contributed by atoms with Crippen molar-refractivity contribution < 1.29 is 36.5 Å². The van der Waals surface area contributed by atoms with Gasteiger partial charge in [0, 0.05) is 11.0 Å². The third-order valence-corrected chi connectivity index (χ3v) is 3.95. The van der Waals surface area contributed by atoms with Crippen molar-refractivity contribution in [2.24, 2.45) is 5.92 Å². The summed E-state index contributed by atoms with van der Waals surface area (Å²) in [6.45, 7) is 2.20. The molecule has 126 valence electrons. The molecule has 1 aromatic carbocycles. The molecule has 0 aliphatic heterocycles. The van der Waals surface area contributed by atoms with Crippen molar-refractivity contribution in [1.82, 2.24) is 0 Å². The predicted molar refractivity (Wildman–Crippen MR) is 69.1 cm³/mol. The van der Waals surface area contributed by atoms with Crippen LogP contribution in [0.15, 0.2) is 47.6 Å². The number of para-hydroxylation sites is 1. The normalized spacial score (nSPS) is 26.0. The van der Waals surface area contributed by atoms with Gasteiger partial charge in [-0.3, -0.25) is 0 Å². The zero-order valence-electron chi connectivity index (χ0n) is 12.0. The van der Waals surface area contributed by atoms with E-state index in [1.807, 2.05) is 0 Å². The van der Waals surface area contributed by atoms with Gasteiger partial charge in [0.25, 0.3) is 0 Å². The molecule has 1 N–H and O–H groups in total. The van der Waals surface area contributed by atoms with Crippen LogP contribution in [0.1, 0.15) is 19.4 Å². The van der Waals surface area contributed by atoms with Gasteiger partial charge in [-0.25, -0.2) is 17.6 Å². The van der Waals surface area contributed by atoms with E-state index in [1.165, 1.54) is 24.3 Å². The van der Waals surface area contributed by atoms with Gasteiger partial charge in [-0.15, -0.1) is 4.94 Å². The topological polar surface area (TPSA) is 29.5 Å². The number of phenols is 1. The van der Waals surface area contributed by atoms with Crippen LogP contribution >= 0.6 is 0 Å². The minimum atomic E-state index is -4.21. The van der Waals surface area contributed by atoms with Crippen molar-refractivity contribution in [1.29, 1.82) is 0 Å². The second-order valence-electron chi connectivity index (χ2n) is 5.68. The second-order valence-corrected chi connectivity index (χ2v) is 5.68. The summed E-state index contributed by atoms with van der Waals surface area (Å²) in [6.07, 6.45) is 0. The Bertz CT molecular complexity index is 697. The fraction of sp³-hybridized carbons (Fsp3) is 0.333. The molecule has 0 spiro atoms. The lowest BCUT2D eigenvalue weighted by molar-refractivity contribution is -0.308. The summed E-state index contributed by atoms with van der Waals surface area (Å²) in [7, 11) is 0. The lowest BCUT2D eigenvalue weighted by atomic mass is 9.67. The van der Waals surface area contributed by atoms with Gasteiger partial charge in [-0.05, 0) is 10.6 Å². The molecule has 0 saturated heterocycles. The number of hydrogen-bond donors (Lipinski definition) is 1. The van der Waals surface area contributed by atoms with E-state index in [0.29, 0.717) is 0 Å². The highest BCUT2D eigenvalue weighted by Gasteiger charge is 2.61. The molecule has 23 heavy (non-hydrogen) atoms. The van der Waals surface area contributed by atoms with E-state index in [0.717, 1.165) is 13.8 Å². The smallest absolute Gasteiger partial charge is 0.309 e. The summed E-state index contributed by atoms with van der Waals surface area (Å²) in [4.78, 5) is 2.88. The minimum Gasteiger partial charge on any atom is -0.508 e. The van der Waals surface area contributed by atoms with E-state index < -0.39 is 46.2 Å². The van der Waals surface area contributed by atoms with E-state index in [9.17, 15) is 31.6 Å². The van der Waals surface area contributed by atoms with Gasteiger partial charge in [0.1, 0.15) is 11.6 Å². The molecule has 0 aromatic heterocycles. The van der Waals surface area contributed by atoms with Crippen LogP contribution in [0.25, 0.3) is 0 Å². The van der Waals surface area contributed by atoms with Gasteiger partial charge < -0.3 is 5.11 Å². The Labute approximate surface area is 127 Å². The number of halogens is 6. The summed E-state index contributed by atoms with van der Waals surface area (Å²) in [6, 6.07) is 5.18. The van der Waals surface area contributed by atoms with Gasteiger partial charge in [0.2, 0.25) is 5.83 Å². The molecule has 0 radical (unpaired) electrons. The van der Waals surface area contributed by atoms with E-state index in [1.54, 1.807) is 0 Å². The molecule has 0 saturated carbocycles. The second kappa shape index (κ2) is 5.59. The number of aromatic hydroxyl groups is 1. The fourth-order valence-corrected chi connectivity index (χ4v) is 2.80. The van der Waals surface area contributed by atoms with Crippen molar-refractivity contribution in [3.63, 3.8) is 0 Å². The van der Waals surface area contributed by atoms with E-state index in [2.05, 4.69) is 4.94 Å². The van der Waals surface area contributed by atoms with Gasteiger partial charge >= 0.3 is 5.85 Å². The average Bonchev–Trinajstić information content (AvgIpc) is 2.51. The molecule has 2 rings (SSSR count). The lowest BCUT2D eigenvalue weighted by Gasteiger charge is -2.41. The number of alkyl halides is 1. The zero-order valence-corrected chi connectivity index (χ0v) is 12.0. The molecular formula is C15H12F6O2. The molecule has 0 bridgehead atoms. The van der Waals surface area contributed by atoms with Crippen LogP contribution in [0.2, 0.25) is 0 Å². The molecule has 1 aliphatic carbocycles.